The monoisotopic (exact) mass is 389 g/mol. The van der Waals surface area contributed by atoms with Gasteiger partial charge in [0, 0.05) is 11.8 Å². The summed E-state index contributed by atoms with van der Waals surface area (Å²) in [4.78, 5) is 29.1. The number of halogens is 1. The standard InChI is InChI=1S/C23H20FN3O2/c24-18-10-11-19(26-23(29)20-7-3-4-12-25-20)21(14-18)27-22(28)17-9-8-15-5-1-2-6-16(15)13-17/h3-4,7-14H,1-2,5-6H2,(H,26,29)(H,27,28). The van der Waals surface area contributed by atoms with Crippen molar-refractivity contribution in [3.05, 3.63) is 89.0 Å². The second-order valence-corrected chi connectivity index (χ2v) is 7.00. The Labute approximate surface area is 168 Å². The van der Waals surface area contributed by atoms with Gasteiger partial charge in [-0.05, 0) is 79.3 Å². The quantitative estimate of drug-likeness (QED) is 0.685. The smallest absolute Gasteiger partial charge is 0.274 e. The molecule has 0 radical (unpaired) electrons. The number of amides is 2. The molecule has 0 bridgehead atoms. The van der Waals surface area contributed by atoms with Gasteiger partial charge in [0.2, 0.25) is 0 Å². The molecule has 0 atom stereocenters. The van der Waals surface area contributed by atoms with Gasteiger partial charge in [0.25, 0.3) is 11.8 Å². The van der Waals surface area contributed by atoms with Gasteiger partial charge in [-0.1, -0.05) is 12.1 Å². The van der Waals surface area contributed by atoms with Crippen LogP contribution in [0.15, 0.2) is 60.8 Å². The normalized spacial score (nSPS) is 12.7. The lowest BCUT2D eigenvalue weighted by Gasteiger charge is -2.17. The van der Waals surface area contributed by atoms with Crippen molar-refractivity contribution in [1.29, 1.82) is 0 Å². The molecule has 6 heteroatoms. The van der Waals surface area contributed by atoms with Crippen molar-refractivity contribution >= 4 is 23.2 Å². The second kappa shape index (κ2) is 8.22. The zero-order valence-corrected chi connectivity index (χ0v) is 15.7. The van der Waals surface area contributed by atoms with Crippen LogP contribution in [0.25, 0.3) is 0 Å². The first-order valence-electron chi connectivity index (χ1n) is 9.55. The van der Waals surface area contributed by atoms with Crippen molar-refractivity contribution in [3.8, 4) is 0 Å². The van der Waals surface area contributed by atoms with Crippen LogP contribution in [0.3, 0.4) is 0 Å². The van der Waals surface area contributed by atoms with E-state index in [1.54, 1.807) is 24.3 Å². The summed E-state index contributed by atoms with van der Waals surface area (Å²) in [6.07, 6.45) is 5.79. The summed E-state index contributed by atoms with van der Waals surface area (Å²) in [6, 6.07) is 14.5. The van der Waals surface area contributed by atoms with E-state index in [-0.39, 0.29) is 17.3 Å². The number of carbonyl (C=O) groups excluding carboxylic acids is 2. The van der Waals surface area contributed by atoms with Crippen LogP contribution in [-0.4, -0.2) is 16.8 Å². The van der Waals surface area contributed by atoms with Gasteiger partial charge in [-0.25, -0.2) is 4.39 Å². The highest BCUT2D eigenvalue weighted by Gasteiger charge is 2.16. The summed E-state index contributed by atoms with van der Waals surface area (Å²) >= 11 is 0. The Balaban J connectivity index is 1.56. The van der Waals surface area contributed by atoms with E-state index in [1.807, 2.05) is 12.1 Å². The van der Waals surface area contributed by atoms with Crippen molar-refractivity contribution in [1.82, 2.24) is 4.98 Å². The predicted molar refractivity (Wildman–Crippen MR) is 110 cm³/mol. The Morgan fingerprint density at radius 3 is 2.41 bits per heavy atom. The van der Waals surface area contributed by atoms with Crippen molar-refractivity contribution in [2.45, 2.75) is 25.7 Å². The highest BCUT2D eigenvalue weighted by atomic mass is 19.1. The lowest BCUT2D eigenvalue weighted by Crippen LogP contribution is -2.18. The van der Waals surface area contributed by atoms with Gasteiger partial charge in [-0.15, -0.1) is 0 Å². The number of benzene rings is 2. The van der Waals surface area contributed by atoms with E-state index in [0.717, 1.165) is 19.3 Å². The summed E-state index contributed by atoms with van der Waals surface area (Å²) in [7, 11) is 0. The van der Waals surface area contributed by atoms with E-state index in [1.165, 1.54) is 41.9 Å². The molecule has 0 fully saturated rings. The largest absolute Gasteiger partial charge is 0.320 e. The first kappa shape index (κ1) is 18.8. The van der Waals surface area contributed by atoms with Crippen molar-refractivity contribution in [2.24, 2.45) is 0 Å². The molecule has 146 valence electrons. The second-order valence-electron chi connectivity index (χ2n) is 7.00. The molecule has 0 aliphatic heterocycles. The predicted octanol–water partition coefficient (Wildman–Crippen LogP) is 4.60. The maximum atomic E-state index is 13.8. The number of fused-ring (bicyclic) bond motifs is 1. The molecule has 5 nitrogen and oxygen atoms in total. The number of nitrogens with one attached hydrogen (secondary N) is 2. The fraction of sp³-hybridized carbons (Fsp3) is 0.174. The first-order chi connectivity index (χ1) is 14.1. The number of aromatic nitrogens is 1. The maximum absolute atomic E-state index is 13.8. The van der Waals surface area contributed by atoms with Crippen LogP contribution in [0.5, 0.6) is 0 Å². The van der Waals surface area contributed by atoms with Crippen LogP contribution >= 0.6 is 0 Å². The molecular weight excluding hydrogens is 369 g/mol. The number of hydrogen-bond donors (Lipinski definition) is 2. The third kappa shape index (κ3) is 4.32. The fourth-order valence-corrected chi connectivity index (χ4v) is 3.48. The average Bonchev–Trinajstić information content (AvgIpc) is 2.75. The number of aryl methyl sites for hydroxylation is 2. The highest BCUT2D eigenvalue weighted by molar-refractivity contribution is 6.09. The number of pyridine rings is 1. The minimum absolute atomic E-state index is 0.192. The summed E-state index contributed by atoms with van der Waals surface area (Å²) in [5, 5.41) is 5.40. The van der Waals surface area contributed by atoms with Crippen molar-refractivity contribution < 1.29 is 14.0 Å². The molecule has 3 aromatic rings. The van der Waals surface area contributed by atoms with E-state index in [4.69, 9.17) is 0 Å². The van der Waals surface area contributed by atoms with Gasteiger partial charge in [0.15, 0.2) is 0 Å². The molecule has 0 spiro atoms. The van der Waals surface area contributed by atoms with Crippen molar-refractivity contribution in [3.63, 3.8) is 0 Å². The third-order valence-corrected chi connectivity index (χ3v) is 4.99. The Bertz CT molecular complexity index is 1070. The van der Waals surface area contributed by atoms with E-state index in [9.17, 15) is 14.0 Å². The third-order valence-electron chi connectivity index (χ3n) is 4.99. The molecule has 4 rings (SSSR count). The van der Waals surface area contributed by atoms with E-state index >= 15 is 0 Å². The Morgan fingerprint density at radius 1 is 0.828 bits per heavy atom. The molecule has 0 saturated heterocycles. The van der Waals surface area contributed by atoms with E-state index in [2.05, 4.69) is 15.6 Å². The Hall–Kier alpha value is -3.54. The zero-order valence-electron chi connectivity index (χ0n) is 15.7. The molecular formula is C23H20FN3O2. The molecule has 2 aromatic carbocycles. The van der Waals surface area contributed by atoms with Gasteiger partial charge in [-0.3, -0.25) is 14.6 Å². The zero-order chi connectivity index (χ0) is 20.2. The van der Waals surface area contributed by atoms with E-state index in [0.29, 0.717) is 11.3 Å². The summed E-state index contributed by atoms with van der Waals surface area (Å²) in [5.41, 5.74) is 3.69. The number of carbonyl (C=O) groups is 2. The van der Waals surface area contributed by atoms with Crippen LogP contribution in [-0.2, 0) is 12.8 Å². The lowest BCUT2D eigenvalue weighted by molar-refractivity contribution is 0.101. The van der Waals surface area contributed by atoms with Gasteiger partial charge in [0.05, 0.1) is 11.4 Å². The van der Waals surface area contributed by atoms with Gasteiger partial charge < -0.3 is 10.6 Å². The number of nitrogens with zero attached hydrogens (tertiary/aromatic N) is 1. The lowest BCUT2D eigenvalue weighted by atomic mass is 9.90. The molecule has 1 aliphatic carbocycles. The van der Waals surface area contributed by atoms with Crippen LogP contribution in [0.2, 0.25) is 0 Å². The minimum Gasteiger partial charge on any atom is -0.320 e. The Morgan fingerprint density at radius 2 is 1.62 bits per heavy atom. The van der Waals surface area contributed by atoms with Crippen molar-refractivity contribution in [2.75, 3.05) is 10.6 Å². The Kier molecular flexibility index (Phi) is 5.33. The first-order valence-corrected chi connectivity index (χ1v) is 9.55. The van der Waals surface area contributed by atoms with E-state index < -0.39 is 11.7 Å². The van der Waals surface area contributed by atoms with Gasteiger partial charge >= 0.3 is 0 Å². The summed E-state index contributed by atoms with van der Waals surface area (Å²) in [6.45, 7) is 0. The fourth-order valence-electron chi connectivity index (χ4n) is 3.48. The minimum atomic E-state index is -0.512. The number of rotatable bonds is 4. The highest BCUT2D eigenvalue weighted by Crippen LogP contribution is 2.26. The van der Waals surface area contributed by atoms with Gasteiger partial charge in [0.1, 0.15) is 11.5 Å². The van der Waals surface area contributed by atoms with Gasteiger partial charge in [-0.2, -0.15) is 0 Å². The number of hydrogen-bond acceptors (Lipinski definition) is 3. The molecule has 0 unspecified atom stereocenters. The molecule has 29 heavy (non-hydrogen) atoms. The molecule has 2 amide bonds. The molecule has 1 aromatic heterocycles. The summed E-state index contributed by atoms with van der Waals surface area (Å²) < 4.78 is 13.8. The number of anilines is 2. The van der Waals surface area contributed by atoms with Crippen LogP contribution in [0.1, 0.15) is 44.8 Å². The topological polar surface area (TPSA) is 71.1 Å². The summed E-state index contributed by atoms with van der Waals surface area (Å²) in [5.74, 6) is -1.31. The average molecular weight is 389 g/mol. The molecule has 2 N–H and O–H groups in total. The van der Waals surface area contributed by atoms with Crippen LogP contribution in [0, 0.1) is 5.82 Å². The molecule has 1 heterocycles. The SMILES string of the molecule is O=C(Nc1cc(F)ccc1NC(=O)c1ccccn1)c1ccc2c(c1)CCCC2. The van der Waals surface area contributed by atoms with Crippen LogP contribution in [0.4, 0.5) is 15.8 Å². The van der Waals surface area contributed by atoms with Crippen LogP contribution < -0.4 is 10.6 Å². The molecule has 1 aliphatic rings. The maximum Gasteiger partial charge on any atom is 0.274 e. The molecule has 0 saturated carbocycles.